The molecule has 1 aliphatic heterocycles. The van der Waals surface area contributed by atoms with Crippen LogP contribution in [-0.4, -0.2) is 33.1 Å². The van der Waals surface area contributed by atoms with Gasteiger partial charge in [-0.1, -0.05) is 0 Å². The molecule has 1 aromatic rings. The van der Waals surface area contributed by atoms with Crippen LogP contribution in [0.5, 0.6) is 0 Å². The van der Waals surface area contributed by atoms with Gasteiger partial charge in [0.15, 0.2) is 5.13 Å². The first-order valence-corrected chi connectivity index (χ1v) is 8.48. The van der Waals surface area contributed by atoms with Crippen molar-refractivity contribution in [3.05, 3.63) is 10.6 Å². The SMILES string of the molecule is CC1(CNc2nc3c(s2)CCC3C(=O)O)CCCS1. The van der Waals surface area contributed by atoms with Gasteiger partial charge in [0.25, 0.3) is 0 Å². The normalized spacial score (nSPS) is 29.4. The Morgan fingerprint density at radius 2 is 2.47 bits per heavy atom. The summed E-state index contributed by atoms with van der Waals surface area (Å²) in [5.41, 5.74) is 0.796. The third-order valence-electron chi connectivity index (χ3n) is 3.93. The molecular weight excluding hydrogens is 280 g/mol. The number of aryl methyl sites for hydroxylation is 1. The number of carboxylic acid groups (broad SMARTS) is 1. The third-order valence-corrected chi connectivity index (χ3v) is 6.56. The molecule has 3 rings (SSSR count). The van der Waals surface area contributed by atoms with E-state index in [1.165, 1.54) is 18.6 Å². The van der Waals surface area contributed by atoms with Gasteiger partial charge in [-0.3, -0.25) is 4.79 Å². The minimum atomic E-state index is -0.742. The van der Waals surface area contributed by atoms with Gasteiger partial charge in [-0.15, -0.1) is 11.3 Å². The lowest BCUT2D eigenvalue weighted by Crippen LogP contribution is -2.27. The van der Waals surface area contributed by atoms with Gasteiger partial charge < -0.3 is 10.4 Å². The Morgan fingerprint density at radius 1 is 1.63 bits per heavy atom. The summed E-state index contributed by atoms with van der Waals surface area (Å²) in [6.07, 6.45) is 4.10. The molecule has 2 N–H and O–H groups in total. The lowest BCUT2D eigenvalue weighted by molar-refractivity contribution is -0.138. The molecule has 1 aromatic heterocycles. The molecule has 2 heterocycles. The van der Waals surface area contributed by atoms with Crippen molar-refractivity contribution in [2.24, 2.45) is 0 Å². The molecular formula is C13H18N2O2S2. The number of nitrogens with one attached hydrogen (secondary N) is 1. The van der Waals surface area contributed by atoms with Crippen LogP contribution < -0.4 is 5.32 Å². The fourth-order valence-electron chi connectivity index (χ4n) is 2.78. The quantitative estimate of drug-likeness (QED) is 0.895. The second kappa shape index (κ2) is 4.98. The zero-order valence-corrected chi connectivity index (χ0v) is 12.6. The Kier molecular flexibility index (Phi) is 3.47. The van der Waals surface area contributed by atoms with E-state index in [1.807, 2.05) is 11.8 Å². The van der Waals surface area contributed by atoms with Crippen LogP contribution in [0.2, 0.25) is 0 Å². The van der Waals surface area contributed by atoms with Gasteiger partial charge in [0.2, 0.25) is 0 Å². The Morgan fingerprint density at radius 3 is 3.16 bits per heavy atom. The van der Waals surface area contributed by atoms with Gasteiger partial charge >= 0.3 is 5.97 Å². The number of rotatable bonds is 4. The average Bonchev–Trinajstić information content (AvgIpc) is 3.00. The molecule has 0 aromatic carbocycles. The van der Waals surface area contributed by atoms with Crippen LogP contribution >= 0.6 is 23.1 Å². The number of thiazole rings is 1. The number of aromatic nitrogens is 1. The molecule has 0 spiro atoms. The number of hydrogen-bond donors (Lipinski definition) is 2. The van der Waals surface area contributed by atoms with E-state index in [4.69, 9.17) is 5.11 Å². The maximum atomic E-state index is 11.1. The highest BCUT2D eigenvalue weighted by molar-refractivity contribution is 8.00. The summed E-state index contributed by atoms with van der Waals surface area (Å²) in [5, 5.41) is 13.5. The molecule has 1 fully saturated rings. The van der Waals surface area contributed by atoms with Gasteiger partial charge in [-0.25, -0.2) is 4.98 Å². The zero-order valence-electron chi connectivity index (χ0n) is 10.9. The summed E-state index contributed by atoms with van der Waals surface area (Å²) < 4.78 is 0.308. The van der Waals surface area contributed by atoms with Crippen molar-refractivity contribution in [1.82, 2.24) is 4.98 Å². The van der Waals surface area contributed by atoms with Gasteiger partial charge in [-0.2, -0.15) is 11.8 Å². The summed E-state index contributed by atoms with van der Waals surface area (Å²) >= 11 is 3.65. The number of nitrogens with zero attached hydrogens (tertiary/aromatic N) is 1. The number of thioether (sulfide) groups is 1. The highest BCUT2D eigenvalue weighted by Crippen LogP contribution is 2.40. The number of aliphatic carboxylic acids is 1. The van der Waals surface area contributed by atoms with Gasteiger partial charge in [0.05, 0.1) is 5.69 Å². The smallest absolute Gasteiger partial charge is 0.312 e. The predicted molar refractivity (Wildman–Crippen MR) is 79.4 cm³/mol. The first-order valence-electron chi connectivity index (χ1n) is 6.68. The second-order valence-corrected chi connectivity index (χ2v) is 8.28. The predicted octanol–water partition coefficient (Wildman–Crippen LogP) is 2.96. The van der Waals surface area contributed by atoms with Crippen molar-refractivity contribution in [1.29, 1.82) is 0 Å². The van der Waals surface area contributed by atoms with Crippen molar-refractivity contribution in [3.63, 3.8) is 0 Å². The van der Waals surface area contributed by atoms with Crippen molar-refractivity contribution in [2.45, 2.75) is 43.3 Å². The Bertz CT molecular complexity index is 495. The number of hydrogen-bond acceptors (Lipinski definition) is 5. The van der Waals surface area contributed by atoms with Crippen LogP contribution in [0.3, 0.4) is 0 Å². The number of carbonyl (C=O) groups is 1. The minimum Gasteiger partial charge on any atom is -0.481 e. The zero-order chi connectivity index (χ0) is 13.5. The fourth-order valence-corrected chi connectivity index (χ4v) is 5.06. The number of anilines is 1. The van der Waals surface area contributed by atoms with Crippen LogP contribution in [0.1, 0.15) is 42.7 Å². The summed E-state index contributed by atoms with van der Waals surface area (Å²) in [4.78, 5) is 16.8. The summed E-state index contributed by atoms with van der Waals surface area (Å²) in [6.45, 7) is 3.21. The van der Waals surface area contributed by atoms with Crippen molar-refractivity contribution in [2.75, 3.05) is 17.6 Å². The molecule has 1 aliphatic carbocycles. The molecule has 2 aliphatic rings. The average molecular weight is 298 g/mol. The molecule has 0 amide bonds. The Hall–Kier alpha value is -0.750. The summed E-state index contributed by atoms with van der Waals surface area (Å²) in [6, 6.07) is 0. The molecule has 4 nitrogen and oxygen atoms in total. The molecule has 6 heteroatoms. The molecule has 104 valence electrons. The van der Waals surface area contributed by atoms with E-state index in [1.54, 1.807) is 11.3 Å². The summed E-state index contributed by atoms with van der Waals surface area (Å²) in [7, 11) is 0. The lowest BCUT2D eigenvalue weighted by Gasteiger charge is -2.22. The molecule has 2 atom stereocenters. The van der Waals surface area contributed by atoms with Crippen LogP contribution in [0.25, 0.3) is 0 Å². The lowest BCUT2D eigenvalue weighted by atomic mass is 10.1. The van der Waals surface area contributed by atoms with E-state index in [0.717, 1.165) is 28.7 Å². The molecule has 1 saturated heterocycles. The van der Waals surface area contributed by atoms with E-state index in [2.05, 4.69) is 17.2 Å². The molecule has 0 bridgehead atoms. The van der Waals surface area contributed by atoms with Crippen LogP contribution in [0.15, 0.2) is 0 Å². The monoisotopic (exact) mass is 298 g/mol. The number of carboxylic acids is 1. The highest BCUT2D eigenvalue weighted by Gasteiger charge is 2.33. The summed E-state index contributed by atoms with van der Waals surface area (Å²) in [5.74, 6) is 0.111. The molecule has 19 heavy (non-hydrogen) atoms. The van der Waals surface area contributed by atoms with Crippen molar-refractivity contribution in [3.8, 4) is 0 Å². The maximum absolute atomic E-state index is 11.1. The van der Waals surface area contributed by atoms with Gasteiger partial charge in [0, 0.05) is 16.2 Å². The first kappa shape index (κ1) is 13.2. The van der Waals surface area contributed by atoms with E-state index >= 15 is 0 Å². The fraction of sp³-hybridized carbons (Fsp3) is 0.692. The Balaban J connectivity index is 1.67. The topological polar surface area (TPSA) is 62.2 Å². The molecule has 2 unspecified atom stereocenters. The van der Waals surface area contributed by atoms with Crippen LogP contribution in [-0.2, 0) is 11.2 Å². The van der Waals surface area contributed by atoms with Crippen LogP contribution in [0, 0.1) is 0 Å². The third kappa shape index (κ3) is 2.60. The van der Waals surface area contributed by atoms with E-state index in [0.29, 0.717) is 11.2 Å². The molecule has 0 saturated carbocycles. The standard InChI is InChI=1S/C13H18N2O2S2/c1-13(5-2-6-18-13)7-14-12-15-10-8(11(16)17)3-4-9(10)19-12/h8H,2-7H2,1H3,(H,14,15)(H,16,17). The van der Waals surface area contributed by atoms with Gasteiger partial charge in [0.1, 0.15) is 5.92 Å². The van der Waals surface area contributed by atoms with E-state index < -0.39 is 11.9 Å². The van der Waals surface area contributed by atoms with E-state index in [-0.39, 0.29) is 0 Å². The second-order valence-electron chi connectivity index (χ2n) is 5.51. The first-order chi connectivity index (χ1) is 9.07. The highest BCUT2D eigenvalue weighted by atomic mass is 32.2. The van der Waals surface area contributed by atoms with Crippen molar-refractivity contribution >= 4 is 34.2 Å². The number of fused-ring (bicyclic) bond motifs is 1. The maximum Gasteiger partial charge on any atom is 0.312 e. The Labute approximate surface area is 121 Å². The minimum absolute atomic E-state index is 0.308. The van der Waals surface area contributed by atoms with Gasteiger partial charge in [-0.05, 0) is 38.4 Å². The molecule has 0 radical (unpaired) electrons. The largest absolute Gasteiger partial charge is 0.481 e. The van der Waals surface area contributed by atoms with Crippen molar-refractivity contribution < 1.29 is 9.90 Å². The van der Waals surface area contributed by atoms with Crippen LogP contribution in [0.4, 0.5) is 5.13 Å². The van der Waals surface area contributed by atoms with E-state index in [9.17, 15) is 4.79 Å².